The van der Waals surface area contributed by atoms with Gasteiger partial charge in [-0.3, -0.25) is 14.9 Å². The molecule has 0 aliphatic carbocycles. The van der Waals surface area contributed by atoms with Crippen LogP contribution in [0.3, 0.4) is 0 Å². The van der Waals surface area contributed by atoms with Gasteiger partial charge in [0, 0.05) is 30.8 Å². The Kier molecular flexibility index (Phi) is 5.34. The third-order valence-corrected chi connectivity index (χ3v) is 5.45. The van der Waals surface area contributed by atoms with Crippen molar-refractivity contribution in [1.82, 2.24) is 10.6 Å². The molecular formula is C22H21F2N3O4. The van der Waals surface area contributed by atoms with Gasteiger partial charge in [-0.25, -0.2) is 13.6 Å². The van der Waals surface area contributed by atoms with Crippen molar-refractivity contribution in [2.75, 3.05) is 18.0 Å². The molecule has 162 valence electrons. The summed E-state index contributed by atoms with van der Waals surface area (Å²) in [4.78, 5) is 37.1. The number of carbonyl (C=O) groups excluding carboxylic acids is 3. The molecule has 4 rings (SSSR count). The number of imide groups is 1. The van der Waals surface area contributed by atoms with Crippen molar-refractivity contribution in [1.29, 1.82) is 0 Å². The van der Waals surface area contributed by atoms with Crippen LogP contribution < -0.4 is 20.3 Å². The lowest BCUT2D eigenvalue weighted by atomic mass is 9.88. The summed E-state index contributed by atoms with van der Waals surface area (Å²) in [7, 11) is 0. The van der Waals surface area contributed by atoms with Crippen molar-refractivity contribution in [3.8, 4) is 5.75 Å². The van der Waals surface area contributed by atoms with Crippen LogP contribution in [0.25, 0.3) is 0 Å². The Morgan fingerprint density at radius 3 is 2.42 bits per heavy atom. The fourth-order valence-corrected chi connectivity index (χ4v) is 3.98. The minimum Gasteiger partial charge on any atom is -0.410 e. The predicted molar refractivity (Wildman–Crippen MR) is 108 cm³/mol. The van der Waals surface area contributed by atoms with Gasteiger partial charge in [0.2, 0.25) is 11.8 Å². The summed E-state index contributed by atoms with van der Waals surface area (Å²) in [5.41, 5.74) is -0.649. The molecule has 1 unspecified atom stereocenters. The molecule has 7 nitrogen and oxygen atoms in total. The first-order chi connectivity index (χ1) is 14.7. The minimum atomic E-state index is -1.04. The van der Waals surface area contributed by atoms with E-state index in [9.17, 15) is 23.2 Å². The summed E-state index contributed by atoms with van der Waals surface area (Å²) in [6.07, 6.45) is -0.516. The molecule has 2 aromatic rings. The smallest absolute Gasteiger partial charge is 0.410 e. The second-order valence-corrected chi connectivity index (χ2v) is 8.07. The van der Waals surface area contributed by atoms with Gasteiger partial charge in [0.1, 0.15) is 17.4 Å². The van der Waals surface area contributed by atoms with Crippen LogP contribution in [0.2, 0.25) is 0 Å². The van der Waals surface area contributed by atoms with Crippen LogP contribution in [-0.2, 0) is 9.59 Å². The van der Waals surface area contributed by atoms with Gasteiger partial charge >= 0.3 is 6.09 Å². The minimum absolute atomic E-state index is 0.0340. The van der Waals surface area contributed by atoms with Gasteiger partial charge in [0.15, 0.2) is 0 Å². The third-order valence-electron chi connectivity index (χ3n) is 5.45. The first-order valence-corrected chi connectivity index (χ1v) is 9.87. The van der Waals surface area contributed by atoms with Crippen LogP contribution in [0.15, 0.2) is 42.5 Å². The standard InChI is InChI=1S/C22H21F2N3O4/c1-22(26-21(30)31-14-5-3-2-4-6-14)11-27(12-22)13-9-16(23)19(17(24)10-13)15-7-8-18(28)25-20(15)29/h2-6,9-10,15H,7-8,11-12H2,1H3,(H,26,30)(H,25,28,29). The Hall–Kier alpha value is -3.49. The SMILES string of the molecule is CC1(NC(=O)Oc2ccccc2)CN(c2cc(F)c(C3CCC(=O)NC3=O)c(F)c2)C1. The van der Waals surface area contributed by atoms with E-state index in [-0.39, 0.29) is 18.4 Å². The molecule has 0 spiro atoms. The van der Waals surface area contributed by atoms with Crippen molar-refractivity contribution in [2.24, 2.45) is 0 Å². The van der Waals surface area contributed by atoms with Crippen molar-refractivity contribution < 1.29 is 27.9 Å². The van der Waals surface area contributed by atoms with E-state index in [0.717, 1.165) is 0 Å². The topological polar surface area (TPSA) is 87.7 Å². The molecule has 31 heavy (non-hydrogen) atoms. The van der Waals surface area contributed by atoms with Crippen LogP contribution in [-0.4, -0.2) is 36.5 Å². The molecule has 3 amide bonds. The Labute approximate surface area is 177 Å². The number of benzene rings is 2. The number of amides is 3. The number of nitrogens with zero attached hydrogens (tertiary/aromatic N) is 1. The number of anilines is 1. The fraction of sp³-hybridized carbons (Fsp3) is 0.318. The zero-order chi connectivity index (χ0) is 22.2. The van der Waals surface area contributed by atoms with Gasteiger partial charge in [-0.15, -0.1) is 0 Å². The molecule has 2 heterocycles. The molecule has 2 aliphatic heterocycles. The van der Waals surface area contributed by atoms with Gasteiger partial charge in [-0.05, 0) is 37.6 Å². The van der Waals surface area contributed by atoms with Gasteiger partial charge in [0.25, 0.3) is 0 Å². The van der Waals surface area contributed by atoms with E-state index in [1.807, 2.05) is 0 Å². The lowest BCUT2D eigenvalue weighted by Gasteiger charge is -2.49. The first-order valence-electron chi connectivity index (χ1n) is 9.87. The number of halogens is 2. The van der Waals surface area contributed by atoms with Crippen LogP contribution >= 0.6 is 0 Å². The summed E-state index contributed by atoms with van der Waals surface area (Å²) < 4.78 is 34.6. The maximum absolute atomic E-state index is 14.7. The zero-order valence-electron chi connectivity index (χ0n) is 16.8. The molecule has 0 aromatic heterocycles. The molecular weight excluding hydrogens is 408 g/mol. The summed E-state index contributed by atoms with van der Waals surface area (Å²) in [6.45, 7) is 2.46. The number of carbonyl (C=O) groups is 3. The molecule has 2 aromatic carbocycles. The monoisotopic (exact) mass is 429 g/mol. The Morgan fingerprint density at radius 1 is 1.16 bits per heavy atom. The second-order valence-electron chi connectivity index (χ2n) is 8.07. The van der Waals surface area contributed by atoms with Gasteiger partial charge in [-0.2, -0.15) is 0 Å². The highest BCUT2D eigenvalue weighted by molar-refractivity contribution is 6.01. The number of para-hydroxylation sites is 1. The fourth-order valence-electron chi connectivity index (χ4n) is 3.98. The summed E-state index contributed by atoms with van der Waals surface area (Å²) >= 11 is 0. The van der Waals surface area contributed by atoms with Gasteiger partial charge in [-0.1, -0.05) is 18.2 Å². The molecule has 2 saturated heterocycles. The number of ether oxygens (including phenoxy) is 1. The highest BCUT2D eigenvalue weighted by Gasteiger charge is 2.41. The number of piperidine rings is 1. The molecule has 2 aliphatic rings. The summed E-state index contributed by atoms with van der Waals surface area (Å²) in [6, 6.07) is 11.0. The van der Waals surface area contributed by atoms with Crippen molar-refractivity contribution in [3.05, 3.63) is 59.7 Å². The average molecular weight is 429 g/mol. The highest BCUT2D eigenvalue weighted by atomic mass is 19.1. The number of hydrogen-bond donors (Lipinski definition) is 2. The molecule has 0 radical (unpaired) electrons. The van der Waals surface area contributed by atoms with E-state index < -0.39 is 41.0 Å². The highest BCUT2D eigenvalue weighted by Crippen LogP contribution is 2.35. The zero-order valence-corrected chi connectivity index (χ0v) is 16.8. The van der Waals surface area contributed by atoms with Crippen molar-refractivity contribution >= 4 is 23.6 Å². The molecule has 2 fully saturated rings. The van der Waals surface area contributed by atoms with E-state index in [4.69, 9.17) is 4.74 Å². The maximum atomic E-state index is 14.7. The number of rotatable bonds is 4. The normalized spacial score (nSPS) is 20.0. The number of hydrogen-bond acceptors (Lipinski definition) is 5. The van der Waals surface area contributed by atoms with Crippen LogP contribution in [0.4, 0.5) is 19.3 Å². The molecule has 2 N–H and O–H groups in total. The van der Waals surface area contributed by atoms with E-state index in [0.29, 0.717) is 24.5 Å². The van der Waals surface area contributed by atoms with Crippen LogP contribution in [0.1, 0.15) is 31.2 Å². The molecule has 9 heteroatoms. The lowest BCUT2D eigenvalue weighted by molar-refractivity contribution is -0.134. The Morgan fingerprint density at radius 2 is 1.81 bits per heavy atom. The number of nitrogens with one attached hydrogen (secondary N) is 2. The maximum Gasteiger partial charge on any atom is 0.413 e. The lowest BCUT2D eigenvalue weighted by Crippen LogP contribution is -2.69. The summed E-state index contributed by atoms with van der Waals surface area (Å²) in [5.74, 6) is -3.45. The summed E-state index contributed by atoms with van der Waals surface area (Å²) in [5, 5.41) is 4.88. The predicted octanol–water partition coefficient (Wildman–Crippen LogP) is 2.85. The van der Waals surface area contributed by atoms with E-state index in [1.54, 1.807) is 42.2 Å². The van der Waals surface area contributed by atoms with Crippen molar-refractivity contribution in [3.63, 3.8) is 0 Å². The van der Waals surface area contributed by atoms with Gasteiger partial charge in [0.05, 0.1) is 11.5 Å². The second kappa shape index (κ2) is 7.98. The van der Waals surface area contributed by atoms with Crippen LogP contribution in [0.5, 0.6) is 5.75 Å². The Bertz CT molecular complexity index is 1020. The molecule has 0 bridgehead atoms. The van der Waals surface area contributed by atoms with E-state index in [1.165, 1.54) is 12.1 Å². The van der Waals surface area contributed by atoms with Crippen LogP contribution in [0, 0.1) is 11.6 Å². The largest absolute Gasteiger partial charge is 0.413 e. The average Bonchev–Trinajstić information content (AvgIpc) is 2.67. The quantitative estimate of drug-likeness (QED) is 0.730. The van der Waals surface area contributed by atoms with Crippen molar-refractivity contribution in [2.45, 2.75) is 31.2 Å². The van der Waals surface area contributed by atoms with E-state index >= 15 is 0 Å². The Balaban J connectivity index is 1.40. The molecule has 0 saturated carbocycles. The van der Waals surface area contributed by atoms with Gasteiger partial charge < -0.3 is 15.0 Å². The first kappa shape index (κ1) is 20.8. The third kappa shape index (κ3) is 4.35. The van der Waals surface area contributed by atoms with E-state index in [2.05, 4.69) is 10.6 Å². The molecule has 1 atom stereocenters.